The number of aryl methyl sites for hydroxylation is 1. The molecule has 0 aliphatic rings. The molecule has 0 aliphatic heterocycles. The van der Waals surface area contributed by atoms with Crippen LogP contribution < -0.4 is 5.73 Å². The van der Waals surface area contributed by atoms with Crippen molar-refractivity contribution in [2.24, 2.45) is 0 Å². The molecule has 2 aromatic rings. The second-order valence-electron chi connectivity index (χ2n) is 2.83. The molecule has 2 heterocycles. The summed E-state index contributed by atoms with van der Waals surface area (Å²) < 4.78 is 0. The lowest BCUT2D eigenvalue weighted by atomic mass is 10.1. The van der Waals surface area contributed by atoms with Crippen LogP contribution in [0.2, 0.25) is 0 Å². The minimum absolute atomic E-state index is 0.601. The first-order valence-electron chi connectivity index (χ1n) is 4.04. The number of anilines is 1. The van der Waals surface area contributed by atoms with Crippen molar-refractivity contribution in [1.29, 1.82) is 0 Å². The minimum Gasteiger partial charge on any atom is -0.383 e. The molecule has 0 unspecified atom stereocenters. The standard InChI is InChI=1S/C10H10N2S/c1-7-8(4-6-13-7)9-3-2-5-12-10(9)11/h2-6H,1H3,(H2,11,12). The van der Waals surface area contributed by atoms with E-state index in [-0.39, 0.29) is 0 Å². The summed E-state index contributed by atoms with van der Waals surface area (Å²) in [5.74, 6) is 0.601. The van der Waals surface area contributed by atoms with Crippen LogP contribution in [0.1, 0.15) is 4.88 Å². The van der Waals surface area contributed by atoms with Crippen molar-refractivity contribution in [2.75, 3.05) is 5.73 Å². The van der Waals surface area contributed by atoms with Crippen molar-refractivity contribution >= 4 is 17.2 Å². The average Bonchev–Trinajstić information content (AvgIpc) is 2.52. The van der Waals surface area contributed by atoms with Crippen LogP contribution in [0, 0.1) is 6.92 Å². The van der Waals surface area contributed by atoms with Gasteiger partial charge in [-0.25, -0.2) is 4.98 Å². The van der Waals surface area contributed by atoms with Gasteiger partial charge in [0.1, 0.15) is 5.82 Å². The summed E-state index contributed by atoms with van der Waals surface area (Å²) in [4.78, 5) is 5.34. The summed E-state index contributed by atoms with van der Waals surface area (Å²) >= 11 is 1.72. The Morgan fingerprint density at radius 3 is 2.77 bits per heavy atom. The van der Waals surface area contributed by atoms with E-state index in [1.165, 1.54) is 10.4 Å². The lowest BCUT2D eigenvalue weighted by Gasteiger charge is -2.02. The molecule has 2 aromatic heterocycles. The van der Waals surface area contributed by atoms with Gasteiger partial charge in [0.2, 0.25) is 0 Å². The van der Waals surface area contributed by atoms with E-state index in [9.17, 15) is 0 Å². The third-order valence-corrected chi connectivity index (χ3v) is 2.83. The molecule has 0 fully saturated rings. The Balaban J connectivity index is 2.59. The number of nitrogen functional groups attached to an aromatic ring is 1. The number of thiophene rings is 1. The summed E-state index contributed by atoms with van der Waals surface area (Å²) in [6, 6.07) is 5.98. The van der Waals surface area contributed by atoms with E-state index in [1.807, 2.05) is 12.1 Å². The normalized spacial score (nSPS) is 10.2. The van der Waals surface area contributed by atoms with Gasteiger partial charge in [0, 0.05) is 16.6 Å². The van der Waals surface area contributed by atoms with Gasteiger partial charge >= 0.3 is 0 Å². The first kappa shape index (κ1) is 8.26. The number of pyridine rings is 1. The summed E-state index contributed by atoms with van der Waals surface area (Å²) in [6.07, 6.45) is 1.71. The van der Waals surface area contributed by atoms with Gasteiger partial charge in [0.25, 0.3) is 0 Å². The highest BCUT2D eigenvalue weighted by atomic mass is 32.1. The third-order valence-electron chi connectivity index (χ3n) is 1.99. The van der Waals surface area contributed by atoms with Crippen molar-refractivity contribution in [3.8, 4) is 11.1 Å². The Hall–Kier alpha value is -1.35. The van der Waals surface area contributed by atoms with Crippen molar-refractivity contribution in [2.45, 2.75) is 6.92 Å². The molecule has 2 N–H and O–H groups in total. The lowest BCUT2D eigenvalue weighted by Crippen LogP contribution is -1.92. The summed E-state index contributed by atoms with van der Waals surface area (Å²) in [7, 11) is 0. The van der Waals surface area contributed by atoms with Gasteiger partial charge in [0.05, 0.1) is 0 Å². The molecule has 2 nitrogen and oxygen atoms in total. The van der Waals surface area contributed by atoms with Crippen LogP contribution in [-0.4, -0.2) is 4.98 Å². The fraction of sp³-hybridized carbons (Fsp3) is 0.100. The van der Waals surface area contributed by atoms with Crippen LogP contribution in [-0.2, 0) is 0 Å². The maximum Gasteiger partial charge on any atom is 0.131 e. The van der Waals surface area contributed by atoms with E-state index >= 15 is 0 Å². The maximum absolute atomic E-state index is 5.77. The third kappa shape index (κ3) is 1.42. The Morgan fingerprint density at radius 2 is 2.15 bits per heavy atom. The molecule has 0 atom stereocenters. The van der Waals surface area contributed by atoms with Gasteiger partial charge in [0.15, 0.2) is 0 Å². The average molecular weight is 190 g/mol. The second kappa shape index (κ2) is 3.18. The molecule has 3 heteroatoms. The number of hydrogen-bond acceptors (Lipinski definition) is 3. The number of aromatic nitrogens is 1. The lowest BCUT2D eigenvalue weighted by molar-refractivity contribution is 1.33. The Bertz CT molecular complexity index is 420. The topological polar surface area (TPSA) is 38.9 Å². The number of nitrogens with two attached hydrogens (primary N) is 1. The molecule has 0 aromatic carbocycles. The molecule has 66 valence electrons. The van der Waals surface area contributed by atoms with E-state index in [4.69, 9.17) is 5.73 Å². The van der Waals surface area contributed by atoms with Crippen molar-refractivity contribution in [1.82, 2.24) is 4.98 Å². The van der Waals surface area contributed by atoms with E-state index in [0.29, 0.717) is 5.82 Å². The van der Waals surface area contributed by atoms with Crippen molar-refractivity contribution < 1.29 is 0 Å². The molecule has 2 rings (SSSR count). The maximum atomic E-state index is 5.77. The highest BCUT2D eigenvalue weighted by molar-refractivity contribution is 7.10. The van der Waals surface area contributed by atoms with Gasteiger partial charge < -0.3 is 5.73 Å². The highest BCUT2D eigenvalue weighted by Crippen LogP contribution is 2.29. The van der Waals surface area contributed by atoms with Gasteiger partial charge in [-0.1, -0.05) is 0 Å². The van der Waals surface area contributed by atoms with Crippen LogP contribution >= 0.6 is 11.3 Å². The largest absolute Gasteiger partial charge is 0.383 e. The van der Waals surface area contributed by atoms with Gasteiger partial charge in [-0.3, -0.25) is 0 Å². The summed E-state index contributed by atoms with van der Waals surface area (Å²) in [5.41, 5.74) is 7.99. The van der Waals surface area contributed by atoms with Gasteiger partial charge in [-0.15, -0.1) is 11.3 Å². The van der Waals surface area contributed by atoms with E-state index in [0.717, 1.165) is 5.56 Å². The molecule has 0 amide bonds. The highest BCUT2D eigenvalue weighted by Gasteiger charge is 2.05. The molecule has 0 radical (unpaired) electrons. The van der Waals surface area contributed by atoms with E-state index < -0.39 is 0 Å². The van der Waals surface area contributed by atoms with Crippen LogP contribution in [0.3, 0.4) is 0 Å². The number of nitrogens with zero attached hydrogens (tertiary/aromatic N) is 1. The predicted molar refractivity (Wildman–Crippen MR) is 56.7 cm³/mol. The molecule has 0 aliphatic carbocycles. The quantitative estimate of drug-likeness (QED) is 0.751. The molecule has 13 heavy (non-hydrogen) atoms. The van der Waals surface area contributed by atoms with Gasteiger partial charge in [-0.05, 0) is 36.1 Å². The smallest absolute Gasteiger partial charge is 0.131 e. The SMILES string of the molecule is Cc1sccc1-c1cccnc1N. The number of hydrogen-bond donors (Lipinski definition) is 1. The second-order valence-corrected chi connectivity index (χ2v) is 3.95. The first-order valence-corrected chi connectivity index (χ1v) is 4.92. The molecular formula is C10H10N2S. The van der Waals surface area contributed by atoms with Crippen LogP contribution in [0.25, 0.3) is 11.1 Å². The minimum atomic E-state index is 0.601. The zero-order valence-corrected chi connectivity index (χ0v) is 8.14. The molecule has 0 saturated carbocycles. The van der Waals surface area contributed by atoms with Crippen LogP contribution in [0.5, 0.6) is 0 Å². The zero-order valence-electron chi connectivity index (χ0n) is 7.32. The molecule has 0 bridgehead atoms. The van der Waals surface area contributed by atoms with E-state index in [2.05, 4.69) is 23.4 Å². The van der Waals surface area contributed by atoms with Crippen LogP contribution in [0.4, 0.5) is 5.82 Å². The summed E-state index contributed by atoms with van der Waals surface area (Å²) in [5, 5.41) is 2.07. The van der Waals surface area contributed by atoms with Crippen molar-refractivity contribution in [3.05, 3.63) is 34.7 Å². The van der Waals surface area contributed by atoms with Crippen LogP contribution in [0.15, 0.2) is 29.8 Å². The Labute approximate surface area is 81.1 Å². The Kier molecular flexibility index (Phi) is 2.02. The van der Waals surface area contributed by atoms with Gasteiger partial charge in [-0.2, -0.15) is 0 Å². The Morgan fingerprint density at radius 1 is 1.31 bits per heavy atom. The molecule has 0 spiro atoms. The number of rotatable bonds is 1. The fourth-order valence-electron chi connectivity index (χ4n) is 1.31. The summed E-state index contributed by atoms with van der Waals surface area (Å²) in [6.45, 7) is 2.09. The predicted octanol–water partition coefficient (Wildman–Crippen LogP) is 2.70. The fourth-order valence-corrected chi connectivity index (χ4v) is 2.02. The zero-order chi connectivity index (χ0) is 9.26. The molecular weight excluding hydrogens is 180 g/mol. The van der Waals surface area contributed by atoms with E-state index in [1.54, 1.807) is 17.5 Å². The van der Waals surface area contributed by atoms with Crippen molar-refractivity contribution in [3.63, 3.8) is 0 Å². The first-order chi connectivity index (χ1) is 6.29. The monoisotopic (exact) mass is 190 g/mol. The molecule has 0 saturated heterocycles.